The van der Waals surface area contributed by atoms with Crippen molar-refractivity contribution in [3.63, 3.8) is 0 Å². The molecule has 0 unspecified atom stereocenters. The van der Waals surface area contributed by atoms with Crippen molar-refractivity contribution < 1.29 is 0 Å². The molecule has 0 heteroatoms. The summed E-state index contributed by atoms with van der Waals surface area (Å²) in [6.45, 7) is 0. The summed E-state index contributed by atoms with van der Waals surface area (Å²) in [6, 6.07) is 0. The molecule has 3 rings (SSSR count). The van der Waals surface area contributed by atoms with Gasteiger partial charge in [0.15, 0.2) is 0 Å². The molecule has 0 aromatic heterocycles. The molecule has 0 amide bonds. The molecule has 0 atom stereocenters. The van der Waals surface area contributed by atoms with Crippen LogP contribution in [0.25, 0.3) is 0 Å². The highest BCUT2D eigenvalue weighted by molar-refractivity contribution is 5.30. The van der Waals surface area contributed by atoms with E-state index in [2.05, 4.69) is 12.2 Å². The smallest absolute Gasteiger partial charge is 0.0280 e. The maximum atomic E-state index is 2.38. The molecular formula is C12H16. The van der Waals surface area contributed by atoms with Crippen LogP contribution in [0.15, 0.2) is 23.3 Å². The molecule has 12 heavy (non-hydrogen) atoms. The fourth-order valence-corrected chi connectivity index (χ4v) is 3.03. The summed E-state index contributed by atoms with van der Waals surface area (Å²) >= 11 is 0. The van der Waals surface area contributed by atoms with Gasteiger partial charge in [-0.1, -0.05) is 23.3 Å². The second-order valence-corrected chi connectivity index (χ2v) is 4.58. The quantitative estimate of drug-likeness (QED) is 0.515. The predicted molar refractivity (Wildman–Crippen MR) is 50.8 cm³/mol. The topological polar surface area (TPSA) is 0 Å². The zero-order valence-electron chi connectivity index (χ0n) is 7.55. The second-order valence-electron chi connectivity index (χ2n) is 4.58. The minimum Gasteiger partial charge on any atom is -0.0882 e. The van der Waals surface area contributed by atoms with E-state index in [1.165, 1.54) is 38.5 Å². The van der Waals surface area contributed by atoms with Crippen molar-refractivity contribution in [2.24, 2.45) is 11.8 Å². The summed E-state index contributed by atoms with van der Waals surface area (Å²) in [5.74, 6) is 2.04. The zero-order chi connectivity index (χ0) is 7.97. The maximum Gasteiger partial charge on any atom is -0.0280 e. The van der Waals surface area contributed by atoms with Crippen molar-refractivity contribution in [2.75, 3.05) is 0 Å². The van der Waals surface area contributed by atoms with Crippen LogP contribution in [0, 0.1) is 11.8 Å². The molecule has 0 nitrogen and oxygen atoms in total. The number of allylic oxidation sites excluding steroid dienone is 4. The van der Waals surface area contributed by atoms with E-state index in [-0.39, 0.29) is 0 Å². The first-order valence-electron chi connectivity index (χ1n) is 5.28. The van der Waals surface area contributed by atoms with E-state index >= 15 is 0 Å². The third kappa shape index (κ3) is 0.903. The second kappa shape index (κ2) is 2.48. The molecule has 64 valence electrons. The molecule has 3 aliphatic carbocycles. The number of hydrogen-bond acceptors (Lipinski definition) is 0. The molecule has 0 saturated heterocycles. The van der Waals surface area contributed by atoms with Crippen molar-refractivity contribution in [3.05, 3.63) is 23.3 Å². The Balaban J connectivity index is 1.67. The van der Waals surface area contributed by atoms with Gasteiger partial charge in [-0.05, 0) is 50.4 Å². The highest BCUT2D eigenvalue weighted by Gasteiger charge is 2.33. The molecule has 0 fully saturated rings. The Morgan fingerprint density at radius 3 is 1.92 bits per heavy atom. The third-order valence-electron chi connectivity index (χ3n) is 3.96. The molecule has 0 N–H and O–H groups in total. The van der Waals surface area contributed by atoms with Gasteiger partial charge in [0, 0.05) is 0 Å². The van der Waals surface area contributed by atoms with Crippen LogP contribution >= 0.6 is 0 Å². The molecule has 0 radical (unpaired) electrons. The van der Waals surface area contributed by atoms with Crippen LogP contribution in [0.4, 0.5) is 0 Å². The van der Waals surface area contributed by atoms with Gasteiger partial charge in [0.25, 0.3) is 0 Å². The van der Waals surface area contributed by atoms with Crippen LogP contribution in [-0.2, 0) is 0 Å². The first-order valence-corrected chi connectivity index (χ1v) is 5.28. The van der Waals surface area contributed by atoms with Gasteiger partial charge in [-0.25, -0.2) is 0 Å². The highest BCUT2D eigenvalue weighted by atomic mass is 14.4. The minimum atomic E-state index is 1.01. The van der Waals surface area contributed by atoms with E-state index in [4.69, 9.17) is 0 Å². The average Bonchev–Trinajstić information content (AvgIpc) is 2.61. The SMILES string of the molecule is C1=CCC(C2CC3=C(CC3)C2)C1. The van der Waals surface area contributed by atoms with Crippen molar-refractivity contribution >= 4 is 0 Å². The summed E-state index contributed by atoms with van der Waals surface area (Å²) in [5, 5.41) is 0. The molecule has 0 aromatic rings. The lowest BCUT2D eigenvalue weighted by atomic mass is 9.88. The van der Waals surface area contributed by atoms with Crippen molar-refractivity contribution in [2.45, 2.75) is 38.5 Å². The van der Waals surface area contributed by atoms with Gasteiger partial charge in [0.2, 0.25) is 0 Å². The van der Waals surface area contributed by atoms with E-state index in [9.17, 15) is 0 Å². The predicted octanol–water partition coefficient (Wildman–Crippen LogP) is 3.45. The van der Waals surface area contributed by atoms with Crippen LogP contribution in [-0.4, -0.2) is 0 Å². The number of rotatable bonds is 1. The van der Waals surface area contributed by atoms with Crippen molar-refractivity contribution in [1.82, 2.24) is 0 Å². The molecule has 0 heterocycles. The molecule has 0 aromatic carbocycles. The van der Waals surface area contributed by atoms with Gasteiger partial charge in [-0.3, -0.25) is 0 Å². The van der Waals surface area contributed by atoms with Gasteiger partial charge >= 0.3 is 0 Å². The van der Waals surface area contributed by atoms with Gasteiger partial charge in [-0.2, -0.15) is 0 Å². The molecule has 0 spiro atoms. The molecule has 3 aliphatic rings. The average molecular weight is 160 g/mol. The van der Waals surface area contributed by atoms with E-state index in [0.29, 0.717) is 0 Å². The summed E-state index contributed by atoms with van der Waals surface area (Å²) in [4.78, 5) is 0. The van der Waals surface area contributed by atoms with Crippen molar-refractivity contribution in [3.8, 4) is 0 Å². The Morgan fingerprint density at radius 2 is 1.42 bits per heavy atom. The Bertz CT molecular complexity index is 233. The Morgan fingerprint density at radius 1 is 0.833 bits per heavy atom. The third-order valence-corrected chi connectivity index (χ3v) is 3.96. The number of hydrogen-bond donors (Lipinski definition) is 0. The molecule has 0 saturated carbocycles. The first kappa shape index (κ1) is 6.94. The molecular weight excluding hydrogens is 144 g/mol. The summed E-state index contributed by atoms with van der Waals surface area (Å²) in [6.07, 6.45) is 13.3. The highest BCUT2D eigenvalue weighted by Crippen LogP contribution is 2.48. The van der Waals surface area contributed by atoms with Gasteiger partial charge in [-0.15, -0.1) is 0 Å². The lowest BCUT2D eigenvalue weighted by molar-refractivity contribution is 0.364. The maximum absolute atomic E-state index is 2.38. The van der Waals surface area contributed by atoms with E-state index in [1.807, 2.05) is 11.1 Å². The largest absolute Gasteiger partial charge is 0.0882 e. The molecule has 0 bridgehead atoms. The standard InChI is InChI=1S/C12H16/c1-2-4-9(3-1)12-7-10-5-6-11(10)8-12/h1-2,9,12H,3-8H2. The Kier molecular flexibility index (Phi) is 1.44. The van der Waals surface area contributed by atoms with Crippen LogP contribution in [0.3, 0.4) is 0 Å². The van der Waals surface area contributed by atoms with E-state index in [0.717, 1.165) is 11.8 Å². The normalized spacial score (nSPS) is 29.7. The monoisotopic (exact) mass is 160 g/mol. The summed E-state index contributed by atoms with van der Waals surface area (Å²) in [5.41, 5.74) is 3.68. The van der Waals surface area contributed by atoms with Gasteiger partial charge in [0.1, 0.15) is 0 Å². The fourth-order valence-electron chi connectivity index (χ4n) is 3.03. The molecule has 0 aliphatic heterocycles. The summed E-state index contributed by atoms with van der Waals surface area (Å²) in [7, 11) is 0. The van der Waals surface area contributed by atoms with Crippen LogP contribution in [0.5, 0.6) is 0 Å². The first-order chi connectivity index (χ1) is 5.93. The van der Waals surface area contributed by atoms with Crippen LogP contribution < -0.4 is 0 Å². The summed E-state index contributed by atoms with van der Waals surface area (Å²) < 4.78 is 0. The van der Waals surface area contributed by atoms with E-state index < -0.39 is 0 Å². The zero-order valence-corrected chi connectivity index (χ0v) is 7.55. The van der Waals surface area contributed by atoms with Crippen molar-refractivity contribution in [1.29, 1.82) is 0 Å². The Hall–Kier alpha value is -0.520. The Labute approximate surface area is 74.4 Å². The lowest BCUT2D eigenvalue weighted by Crippen LogP contribution is -2.07. The minimum absolute atomic E-state index is 1.01. The lowest BCUT2D eigenvalue weighted by Gasteiger charge is -2.17. The van der Waals surface area contributed by atoms with Gasteiger partial charge < -0.3 is 0 Å². The van der Waals surface area contributed by atoms with E-state index in [1.54, 1.807) is 0 Å². The van der Waals surface area contributed by atoms with Crippen LogP contribution in [0.1, 0.15) is 38.5 Å². The van der Waals surface area contributed by atoms with Gasteiger partial charge in [0.05, 0.1) is 0 Å². The van der Waals surface area contributed by atoms with Crippen LogP contribution in [0.2, 0.25) is 0 Å². The fraction of sp³-hybridized carbons (Fsp3) is 0.667.